The van der Waals surface area contributed by atoms with Gasteiger partial charge in [0.1, 0.15) is 0 Å². The Kier molecular flexibility index (Phi) is 4.13. The molecule has 1 aromatic carbocycles. The maximum atomic E-state index is 12.6. The van der Waals surface area contributed by atoms with Crippen molar-refractivity contribution in [2.45, 2.75) is 26.1 Å². The molecule has 0 aromatic heterocycles. The first kappa shape index (κ1) is 15.0. The van der Waals surface area contributed by atoms with Gasteiger partial charge in [-0.25, -0.2) is 0 Å². The van der Waals surface area contributed by atoms with E-state index in [0.29, 0.717) is 11.7 Å². The van der Waals surface area contributed by atoms with E-state index in [9.17, 15) is 13.2 Å². The monoisotopic (exact) mass is 287 g/mol. The van der Waals surface area contributed by atoms with Crippen molar-refractivity contribution >= 4 is 11.4 Å². The van der Waals surface area contributed by atoms with Crippen molar-refractivity contribution in [3.8, 4) is 0 Å². The molecule has 0 saturated carbocycles. The molecule has 1 aliphatic heterocycles. The van der Waals surface area contributed by atoms with Crippen LogP contribution < -0.4 is 10.6 Å². The summed E-state index contributed by atoms with van der Waals surface area (Å²) < 4.78 is 37.9. The average Bonchev–Trinajstić information content (AvgIpc) is 2.37. The minimum Gasteiger partial charge on any atom is -0.397 e. The Morgan fingerprint density at radius 3 is 2.50 bits per heavy atom. The molecule has 6 heteroatoms. The lowest BCUT2D eigenvalue weighted by atomic mass is 10.1. The summed E-state index contributed by atoms with van der Waals surface area (Å²) in [5, 5.41) is 0. The van der Waals surface area contributed by atoms with E-state index in [-0.39, 0.29) is 5.69 Å². The maximum Gasteiger partial charge on any atom is 0.416 e. The summed E-state index contributed by atoms with van der Waals surface area (Å²) in [6.07, 6.45) is -4.35. The molecular formula is C14H20F3N3. The summed E-state index contributed by atoms with van der Waals surface area (Å²) in [4.78, 5) is 4.41. The Balaban J connectivity index is 2.18. The van der Waals surface area contributed by atoms with Crippen LogP contribution in [0.2, 0.25) is 0 Å². The zero-order chi connectivity index (χ0) is 14.9. The lowest BCUT2D eigenvalue weighted by molar-refractivity contribution is -0.137. The Morgan fingerprint density at radius 1 is 1.30 bits per heavy atom. The fourth-order valence-electron chi connectivity index (χ4n) is 2.70. The van der Waals surface area contributed by atoms with Crippen molar-refractivity contribution in [2.24, 2.45) is 0 Å². The molecule has 1 aromatic rings. The summed E-state index contributed by atoms with van der Waals surface area (Å²) in [6, 6.07) is 3.97. The highest BCUT2D eigenvalue weighted by molar-refractivity contribution is 5.69. The molecule has 1 fully saturated rings. The van der Waals surface area contributed by atoms with E-state index in [1.807, 2.05) is 0 Å². The lowest BCUT2D eigenvalue weighted by Crippen LogP contribution is -2.51. The van der Waals surface area contributed by atoms with Crippen LogP contribution in [0.25, 0.3) is 0 Å². The summed E-state index contributed by atoms with van der Waals surface area (Å²) in [7, 11) is 0. The van der Waals surface area contributed by atoms with Gasteiger partial charge in [-0.2, -0.15) is 13.2 Å². The zero-order valence-corrected chi connectivity index (χ0v) is 11.7. The van der Waals surface area contributed by atoms with Gasteiger partial charge in [0.05, 0.1) is 16.9 Å². The minimum atomic E-state index is -4.35. The number of rotatable bonds is 2. The number of benzene rings is 1. The van der Waals surface area contributed by atoms with E-state index < -0.39 is 11.7 Å². The number of alkyl halides is 3. The number of piperazine rings is 1. The predicted molar refractivity (Wildman–Crippen MR) is 74.8 cm³/mol. The van der Waals surface area contributed by atoms with Gasteiger partial charge in [0.25, 0.3) is 0 Å². The smallest absolute Gasteiger partial charge is 0.397 e. The second-order valence-electron chi connectivity index (χ2n) is 5.19. The first-order valence-corrected chi connectivity index (χ1v) is 6.78. The second kappa shape index (κ2) is 5.52. The van der Waals surface area contributed by atoms with Crippen molar-refractivity contribution in [1.29, 1.82) is 0 Å². The number of hydrogen-bond acceptors (Lipinski definition) is 3. The number of nitrogens with zero attached hydrogens (tertiary/aromatic N) is 2. The SMILES string of the molecule is CCN1CCN(c2ccc(C(F)(F)F)cc2N)CC1C. The molecule has 0 radical (unpaired) electrons. The highest BCUT2D eigenvalue weighted by atomic mass is 19.4. The number of hydrogen-bond donors (Lipinski definition) is 1. The van der Waals surface area contributed by atoms with Crippen LogP contribution in [-0.2, 0) is 6.18 Å². The number of nitrogen functional groups attached to an aromatic ring is 1. The van der Waals surface area contributed by atoms with E-state index in [4.69, 9.17) is 5.73 Å². The van der Waals surface area contributed by atoms with Crippen LogP contribution in [0.5, 0.6) is 0 Å². The van der Waals surface area contributed by atoms with Gasteiger partial charge in [-0.1, -0.05) is 6.92 Å². The molecule has 0 bridgehead atoms. The van der Waals surface area contributed by atoms with Crippen molar-refractivity contribution in [2.75, 3.05) is 36.8 Å². The zero-order valence-electron chi connectivity index (χ0n) is 11.7. The molecule has 1 atom stereocenters. The second-order valence-corrected chi connectivity index (χ2v) is 5.19. The molecule has 0 amide bonds. The number of halogens is 3. The maximum absolute atomic E-state index is 12.6. The first-order valence-electron chi connectivity index (χ1n) is 6.78. The molecule has 1 aliphatic rings. The van der Waals surface area contributed by atoms with Gasteiger partial charge < -0.3 is 10.6 Å². The molecule has 1 heterocycles. The highest BCUT2D eigenvalue weighted by Crippen LogP contribution is 2.34. The molecule has 0 spiro atoms. The van der Waals surface area contributed by atoms with Crippen LogP contribution in [0, 0.1) is 0 Å². The lowest BCUT2D eigenvalue weighted by Gasteiger charge is -2.41. The van der Waals surface area contributed by atoms with Crippen LogP contribution in [0.3, 0.4) is 0 Å². The summed E-state index contributed by atoms with van der Waals surface area (Å²) in [5.41, 5.74) is 6.00. The van der Waals surface area contributed by atoms with Crippen LogP contribution in [0.1, 0.15) is 19.4 Å². The van der Waals surface area contributed by atoms with Gasteiger partial charge in [-0.15, -0.1) is 0 Å². The molecule has 112 valence electrons. The fourth-order valence-corrected chi connectivity index (χ4v) is 2.70. The summed E-state index contributed by atoms with van der Waals surface area (Å²) in [5.74, 6) is 0. The van der Waals surface area contributed by atoms with Crippen LogP contribution in [-0.4, -0.2) is 37.1 Å². The van der Waals surface area contributed by atoms with E-state index in [2.05, 4.69) is 23.6 Å². The molecule has 3 nitrogen and oxygen atoms in total. The minimum absolute atomic E-state index is 0.192. The third-order valence-electron chi connectivity index (χ3n) is 3.87. The van der Waals surface area contributed by atoms with E-state index in [0.717, 1.165) is 38.3 Å². The third kappa shape index (κ3) is 3.00. The summed E-state index contributed by atoms with van der Waals surface area (Å²) in [6.45, 7) is 7.68. The van der Waals surface area contributed by atoms with Crippen molar-refractivity contribution in [3.05, 3.63) is 23.8 Å². The Labute approximate surface area is 117 Å². The topological polar surface area (TPSA) is 32.5 Å². The molecule has 20 heavy (non-hydrogen) atoms. The number of nitrogens with two attached hydrogens (primary N) is 1. The van der Waals surface area contributed by atoms with Gasteiger partial charge in [0, 0.05) is 25.7 Å². The third-order valence-corrected chi connectivity index (χ3v) is 3.87. The van der Waals surface area contributed by atoms with Gasteiger partial charge >= 0.3 is 6.18 Å². The molecule has 0 aliphatic carbocycles. The standard InChI is InChI=1S/C14H20F3N3/c1-3-19-6-7-20(9-10(19)2)13-5-4-11(8-12(13)18)14(15,16)17/h4-5,8,10H,3,6-7,9,18H2,1-2H3. The van der Waals surface area contributed by atoms with Crippen molar-refractivity contribution < 1.29 is 13.2 Å². The normalized spacial score (nSPS) is 21.2. The van der Waals surface area contributed by atoms with Gasteiger partial charge in [-0.05, 0) is 31.7 Å². The average molecular weight is 287 g/mol. The van der Waals surface area contributed by atoms with Gasteiger partial charge in [0.15, 0.2) is 0 Å². The summed E-state index contributed by atoms with van der Waals surface area (Å²) >= 11 is 0. The fraction of sp³-hybridized carbons (Fsp3) is 0.571. The van der Waals surface area contributed by atoms with E-state index in [1.54, 1.807) is 0 Å². The first-order chi connectivity index (χ1) is 9.32. The molecule has 2 rings (SSSR count). The van der Waals surface area contributed by atoms with E-state index >= 15 is 0 Å². The molecule has 1 unspecified atom stereocenters. The Hall–Kier alpha value is -1.43. The largest absolute Gasteiger partial charge is 0.416 e. The van der Waals surface area contributed by atoms with Crippen molar-refractivity contribution in [3.63, 3.8) is 0 Å². The predicted octanol–water partition coefficient (Wildman–Crippen LogP) is 2.82. The van der Waals surface area contributed by atoms with Crippen LogP contribution >= 0.6 is 0 Å². The quantitative estimate of drug-likeness (QED) is 0.849. The number of anilines is 2. The molecule has 1 saturated heterocycles. The molecule has 2 N–H and O–H groups in total. The Bertz CT molecular complexity index is 473. The molecular weight excluding hydrogens is 267 g/mol. The van der Waals surface area contributed by atoms with Gasteiger partial charge in [0.2, 0.25) is 0 Å². The van der Waals surface area contributed by atoms with Crippen LogP contribution in [0.15, 0.2) is 18.2 Å². The van der Waals surface area contributed by atoms with E-state index in [1.165, 1.54) is 6.07 Å². The number of likely N-dealkylation sites (N-methyl/N-ethyl adjacent to an activating group) is 1. The van der Waals surface area contributed by atoms with Crippen LogP contribution in [0.4, 0.5) is 24.5 Å². The Morgan fingerprint density at radius 2 is 2.00 bits per heavy atom. The highest BCUT2D eigenvalue weighted by Gasteiger charge is 2.31. The van der Waals surface area contributed by atoms with Gasteiger partial charge in [-0.3, -0.25) is 4.90 Å². The van der Waals surface area contributed by atoms with Crippen molar-refractivity contribution in [1.82, 2.24) is 4.90 Å².